The van der Waals surface area contributed by atoms with Gasteiger partial charge in [0.15, 0.2) is 5.96 Å². The Labute approximate surface area is 165 Å². The van der Waals surface area contributed by atoms with Crippen molar-refractivity contribution in [1.82, 2.24) is 15.6 Å². The maximum Gasteiger partial charge on any atom is 0.191 e. The number of fused-ring (bicyclic) bond motifs is 1. The minimum absolute atomic E-state index is 0.207. The van der Waals surface area contributed by atoms with Crippen LogP contribution in [-0.2, 0) is 13.0 Å². The zero-order valence-electron chi connectivity index (χ0n) is 16.5. The molecule has 1 aromatic heterocycles. The number of pyridine rings is 1. The topological polar surface area (TPSA) is 52.6 Å². The van der Waals surface area contributed by atoms with Crippen LogP contribution < -0.4 is 15.5 Å². The summed E-state index contributed by atoms with van der Waals surface area (Å²) >= 11 is 0. The van der Waals surface area contributed by atoms with Gasteiger partial charge in [-0.3, -0.25) is 4.99 Å². The Balaban J connectivity index is 1.65. The number of benzene rings is 2. The fourth-order valence-corrected chi connectivity index (χ4v) is 3.02. The highest BCUT2D eigenvalue weighted by Crippen LogP contribution is 2.21. The van der Waals surface area contributed by atoms with Crippen LogP contribution in [0.2, 0.25) is 0 Å². The molecule has 2 aromatic carbocycles. The van der Waals surface area contributed by atoms with Crippen molar-refractivity contribution in [3.63, 3.8) is 0 Å². The zero-order valence-corrected chi connectivity index (χ0v) is 16.5. The van der Waals surface area contributed by atoms with Gasteiger partial charge in [-0.1, -0.05) is 30.3 Å². The number of anilines is 1. The summed E-state index contributed by atoms with van der Waals surface area (Å²) in [7, 11) is 5.72. The molecule has 5 nitrogen and oxygen atoms in total. The second-order valence-corrected chi connectivity index (χ2v) is 6.78. The Kier molecular flexibility index (Phi) is 6.42. The van der Waals surface area contributed by atoms with Gasteiger partial charge in [0, 0.05) is 39.6 Å². The van der Waals surface area contributed by atoms with E-state index in [0.717, 1.165) is 34.3 Å². The Morgan fingerprint density at radius 1 is 1.07 bits per heavy atom. The third-order valence-electron chi connectivity index (χ3n) is 4.51. The number of hydrogen-bond donors (Lipinski definition) is 2. The Bertz CT molecular complexity index is 968. The number of aliphatic imine (C=N–C) groups is 1. The van der Waals surface area contributed by atoms with E-state index in [-0.39, 0.29) is 5.82 Å². The van der Waals surface area contributed by atoms with E-state index in [1.54, 1.807) is 19.2 Å². The summed E-state index contributed by atoms with van der Waals surface area (Å²) in [6.07, 6.45) is 0.724. The summed E-state index contributed by atoms with van der Waals surface area (Å²) in [6.45, 7) is 1.30. The lowest BCUT2D eigenvalue weighted by molar-refractivity contribution is 0.625. The minimum atomic E-state index is -0.207. The molecule has 0 spiro atoms. The van der Waals surface area contributed by atoms with Gasteiger partial charge in [0.1, 0.15) is 11.6 Å². The molecule has 2 N–H and O–H groups in total. The highest BCUT2D eigenvalue weighted by molar-refractivity contribution is 5.85. The Hall–Kier alpha value is -3.15. The van der Waals surface area contributed by atoms with Crippen LogP contribution in [0.1, 0.15) is 11.1 Å². The summed E-state index contributed by atoms with van der Waals surface area (Å²) in [6, 6.07) is 16.9. The lowest BCUT2D eigenvalue weighted by atomic mass is 10.1. The van der Waals surface area contributed by atoms with E-state index in [1.165, 1.54) is 6.07 Å². The van der Waals surface area contributed by atoms with Gasteiger partial charge < -0.3 is 15.5 Å². The predicted molar refractivity (Wildman–Crippen MR) is 114 cm³/mol. The van der Waals surface area contributed by atoms with Crippen LogP contribution in [0.5, 0.6) is 0 Å². The first-order valence-corrected chi connectivity index (χ1v) is 9.32. The van der Waals surface area contributed by atoms with Gasteiger partial charge >= 0.3 is 0 Å². The number of para-hydroxylation sites is 1. The van der Waals surface area contributed by atoms with Crippen molar-refractivity contribution in [2.24, 2.45) is 4.99 Å². The summed E-state index contributed by atoms with van der Waals surface area (Å²) in [5, 5.41) is 7.76. The zero-order chi connectivity index (χ0) is 19.9. The van der Waals surface area contributed by atoms with E-state index in [0.29, 0.717) is 19.0 Å². The number of aromatic nitrogens is 1. The lowest BCUT2D eigenvalue weighted by Crippen LogP contribution is -2.38. The fraction of sp³-hybridized carbons (Fsp3) is 0.273. The molecule has 0 aliphatic carbocycles. The molecule has 0 unspecified atom stereocenters. The van der Waals surface area contributed by atoms with Crippen LogP contribution in [0.4, 0.5) is 10.2 Å². The van der Waals surface area contributed by atoms with E-state index < -0.39 is 0 Å². The van der Waals surface area contributed by atoms with Crippen molar-refractivity contribution in [3.05, 3.63) is 71.5 Å². The molecule has 28 heavy (non-hydrogen) atoms. The van der Waals surface area contributed by atoms with Crippen molar-refractivity contribution in [2.75, 3.05) is 32.6 Å². The average Bonchev–Trinajstić information content (AvgIpc) is 2.70. The maximum absolute atomic E-state index is 13.3. The normalized spacial score (nSPS) is 11.5. The molecule has 0 amide bonds. The molecule has 146 valence electrons. The van der Waals surface area contributed by atoms with Gasteiger partial charge in [0.25, 0.3) is 0 Å². The highest BCUT2D eigenvalue weighted by atomic mass is 19.1. The van der Waals surface area contributed by atoms with Crippen LogP contribution >= 0.6 is 0 Å². The van der Waals surface area contributed by atoms with Crippen LogP contribution in [0.3, 0.4) is 0 Å². The minimum Gasteiger partial charge on any atom is -0.363 e. The summed E-state index contributed by atoms with van der Waals surface area (Å²) < 4.78 is 13.3. The summed E-state index contributed by atoms with van der Waals surface area (Å²) in [4.78, 5) is 11.0. The molecule has 0 fully saturated rings. The third kappa shape index (κ3) is 4.97. The molecule has 1 heterocycles. The van der Waals surface area contributed by atoms with Crippen molar-refractivity contribution < 1.29 is 4.39 Å². The number of hydrogen-bond acceptors (Lipinski definition) is 3. The fourth-order valence-electron chi connectivity index (χ4n) is 3.02. The van der Waals surface area contributed by atoms with Gasteiger partial charge in [0.05, 0.1) is 5.52 Å². The molecule has 0 bridgehead atoms. The van der Waals surface area contributed by atoms with Crippen molar-refractivity contribution in [3.8, 4) is 0 Å². The van der Waals surface area contributed by atoms with Gasteiger partial charge in [0.2, 0.25) is 0 Å². The van der Waals surface area contributed by atoms with Gasteiger partial charge in [-0.05, 0) is 41.8 Å². The van der Waals surface area contributed by atoms with E-state index in [4.69, 9.17) is 4.98 Å². The molecule has 3 aromatic rings. The number of nitrogens with zero attached hydrogens (tertiary/aromatic N) is 3. The largest absolute Gasteiger partial charge is 0.363 e. The van der Waals surface area contributed by atoms with Crippen LogP contribution in [0, 0.1) is 5.82 Å². The molecule has 0 aliphatic heterocycles. The molecule has 0 atom stereocenters. The number of nitrogens with one attached hydrogen (secondary N) is 2. The van der Waals surface area contributed by atoms with Crippen molar-refractivity contribution >= 4 is 22.7 Å². The molecule has 3 rings (SSSR count). The highest BCUT2D eigenvalue weighted by Gasteiger charge is 2.08. The molecule has 0 aliphatic rings. The van der Waals surface area contributed by atoms with E-state index in [9.17, 15) is 4.39 Å². The van der Waals surface area contributed by atoms with Gasteiger partial charge in [-0.15, -0.1) is 0 Å². The number of halogens is 1. The second-order valence-electron chi connectivity index (χ2n) is 6.78. The lowest BCUT2D eigenvalue weighted by Gasteiger charge is -2.17. The molecular formula is C22H26FN5. The monoisotopic (exact) mass is 379 g/mol. The molecule has 0 saturated carbocycles. The predicted octanol–water partition coefficient (Wildman–Crippen LogP) is 3.35. The molecular weight excluding hydrogens is 353 g/mol. The quantitative estimate of drug-likeness (QED) is 0.509. The first-order chi connectivity index (χ1) is 13.6. The number of guanidine groups is 1. The Morgan fingerprint density at radius 2 is 1.89 bits per heavy atom. The summed E-state index contributed by atoms with van der Waals surface area (Å²) in [5.74, 6) is 1.43. The van der Waals surface area contributed by atoms with E-state index in [1.807, 2.05) is 43.3 Å². The Morgan fingerprint density at radius 3 is 2.64 bits per heavy atom. The van der Waals surface area contributed by atoms with Crippen molar-refractivity contribution in [2.45, 2.75) is 13.0 Å². The molecule has 0 saturated heterocycles. The molecule has 6 heteroatoms. The third-order valence-corrected chi connectivity index (χ3v) is 4.51. The van der Waals surface area contributed by atoms with E-state index >= 15 is 0 Å². The average molecular weight is 379 g/mol. The maximum atomic E-state index is 13.3. The molecule has 0 radical (unpaired) electrons. The number of rotatable bonds is 6. The summed E-state index contributed by atoms with van der Waals surface area (Å²) in [5.41, 5.74) is 3.08. The first kappa shape index (κ1) is 19.6. The first-order valence-electron chi connectivity index (χ1n) is 9.32. The van der Waals surface area contributed by atoms with Gasteiger partial charge in [-0.25, -0.2) is 9.37 Å². The van der Waals surface area contributed by atoms with Crippen LogP contribution in [0.15, 0.2) is 59.6 Å². The smallest absolute Gasteiger partial charge is 0.191 e. The van der Waals surface area contributed by atoms with Crippen LogP contribution in [0.25, 0.3) is 10.9 Å². The van der Waals surface area contributed by atoms with Gasteiger partial charge in [-0.2, -0.15) is 0 Å². The SMILES string of the molecule is CN=C(NCCc1cccc(F)c1)NCc1cc(N(C)C)nc2ccccc12. The van der Waals surface area contributed by atoms with Crippen molar-refractivity contribution in [1.29, 1.82) is 0 Å². The standard InChI is InChI=1S/C22H26FN5/c1-24-22(25-12-11-16-7-6-8-18(23)13-16)26-15-17-14-21(28(2)3)27-20-10-5-4-9-19(17)20/h4-10,13-14H,11-12,15H2,1-3H3,(H2,24,25,26). The van der Waals surface area contributed by atoms with Crippen LogP contribution in [-0.4, -0.2) is 38.6 Å². The second kappa shape index (κ2) is 9.17. The van der Waals surface area contributed by atoms with E-state index in [2.05, 4.69) is 27.8 Å².